The van der Waals surface area contributed by atoms with Crippen molar-refractivity contribution in [3.8, 4) is 5.75 Å². The summed E-state index contributed by atoms with van der Waals surface area (Å²) in [4.78, 5) is 16.3. The van der Waals surface area contributed by atoms with Crippen LogP contribution in [-0.4, -0.2) is 67.4 Å². The lowest BCUT2D eigenvalue weighted by Gasteiger charge is -2.32. The van der Waals surface area contributed by atoms with Gasteiger partial charge >= 0.3 is 0 Å². The van der Waals surface area contributed by atoms with Gasteiger partial charge in [-0.1, -0.05) is 6.07 Å². The lowest BCUT2D eigenvalue weighted by atomic mass is 10.1. The molecule has 25 heavy (non-hydrogen) atoms. The van der Waals surface area contributed by atoms with E-state index < -0.39 is 18.0 Å². The molecular formula is C18H24F2N2O3. The van der Waals surface area contributed by atoms with Crippen LogP contribution in [0.5, 0.6) is 5.75 Å². The smallest absolute Gasteiger partial charge is 0.240 e. The van der Waals surface area contributed by atoms with Crippen LogP contribution in [0.4, 0.5) is 8.78 Å². The Bertz CT molecular complexity index is 608. The Morgan fingerprint density at radius 3 is 2.80 bits per heavy atom. The zero-order valence-electron chi connectivity index (χ0n) is 14.4. The first-order valence-corrected chi connectivity index (χ1v) is 8.74. The molecule has 5 nitrogen and oxygen atoms in total. The maximum absolute atomic E-state index is 14.0. The first kappa shape index (κ1) is 18.1. The van der Waals surface area contributed by atoms with Crippen molar-refractivity contribution in [2.45, 2.75) is 32.1 Å². The van der Waals surface area contributed by atoms with Crippen LogP contribution in [0.3, 0.4) is 0 Å². The highest BCUT2D eigenvalue weighted by molar-refractivity contribution is 5.82. The molecule has 1 aromatic rings. The second-order valence-electron chi connectivity index (χ2n) is 6.41. The summed E-state index contributed by atoms with van der Waals surface area (Å²) in [6.07, 6.45) is -0.849. The highest BCUT2D eigenvalue weighted by Crippen LogP contribution is 2.26. The molecule has 2 atom stereocenters. The van der Waals surface area contributed by atoms with E-state index in [1.807, 2.05) is 0 Å². The van der Waals surface area contributed by atoms with E-state index in [1.54, 1.807) is 28.9 Å². The number of nitrogens with zero attached hydrogens (tertiary/aromatic N) is 2. The maximum atomic E-state index is 14.0. The van der Waals surface area contributed by atoms with Gasteiger partial charge in [0, 0.05) is 32.6 Å². The molecule has 1 amide bonds. The Balaban J connectivity index is 1.69. The van der Waals surface area contributed by atoms with E-state index in [2.05, 4.69) is 0 Å². The van der Waals surface area contributed by atoms with Gasteiger partial charge in [0.15, 0.2) is 11.6 Å². The van der Waals surface area contributed by atoms with Crippen LogP contribution in [0.1, 0.15) is 18.9 Å². The number of hydrogen-bond donors (Lipinski definition) is 0. The number of likely N-dealkylation sites (tertiary alicyclic amines) is 1. The standard InChI is InChI=1S/C18H24F2N2O3/c1-2-25-17-4-3-13(9-15(17)20)11-22-12-14(19)10-16(22)18(23)21-5-7-24-8-6-21/h3-4,9,14,16H,2,5-8,10-12H2,1H3/t14-,16+/m1/s1. The molecule has 2 heterocycles. The third-order valence-electron chi connectivity index (χ3n) is 4.64. The molecule has 0 spiro atoms. The van der Waals surface area contributed by atoms with Gasteiger partial charge in [0.1, 0.15) is 6.17 Å². The SMILES string of the molecule is CCOc1ccc(CN2C[C@H](F)C[C@H]2C(=O)N2CCOCC2)cc1F. The minimum Gasteiger partial charge on any atom is -0.491 e. The van der Waals surface area contributed by atoms with Crippen LogP contribution in [0.15, 0.2) is 18.2 Å². The van der Waals surface area contributed by atoms with Crippen molar-refractivity contribution >= 4 is 5.91 Å². The first-order valence-electron chi connectivity index (χ1n) is 8.74. The van der Waals surface area contributed by atoms with Gasteiger partial charge in [-0.3, -0.25) is 9.69 Å². The number of hydrogen-bond acceptors (Lipinski definition) is 4. The number of carbonyl (C=O) groups is 1. The van der Waals surface area contributed by atoms with E-state index in [9.17, 15) is 13.6 Å². The van der Waals surface area contributed by atoms with E-state index >= 15 is 0 Å². The Morgan fingerprint density at radius 2 is 2.12 bits per heavy atom. The molecule has 0 radical (unpaired) electrons. The van der Waals surface area contributed by atoms with Crippen molar-refractivity contribution in [1.82, 2.24) is 9.80 Å². The molecule has 1 aromatic carbocycles. The van der Waals surface area contributed by atoms with Gasteiger partial charge < -0.3 is 14.4 Å². The second-order valence-corrected chi connectivity index (χ2v) is 6.41. The molecule has 0 N–H and O–H groups in total. The molecule has 0 saturated carbocycles. The topological polar surface area (TPSA) is 42.0 Å². The van der Waals surface area contributed by atoms with E-state index in [1.165, 1.54) is 6.07 Å². The molecule has 3 rings (SSSR count). The quantitative estimate of drug-likeness (QED) is 0.811. The van der Waals surface area contributed by atoms with Gasteiger partial charge in [0.25, 0.3) is 0 Å². The normalized spacial score (nSPS) is 24.5. The molecule has 138 valence electrons. The van der Waals surface area contributed by atoms with Gasteiger partial charge in [-0.25, -0.2) is 8.78 Å². The summed E-state index contributed by atoms with van der Waals surface area (Å²) in [6.45, 7) is 4.82. The summed E-state index contributed by atoms with van der Waals surface area (Å²) in [5.41, 5.74) is 0.704. The van der Waals surface area contributed by atoms with Gasteiger partial charge in [-0.05, 0) is 24.6 Å². The lowest BCUT2D eigenvalue weighted by Crippen LogP contribution is -2.49. The van der Waals surface area contributed by atoms with E-state index in [0.29, 0.717) is 45.0 Å². The highest BCUT2D eigenvalue weighted by Gasteiger charge is 2.39. The lowest BCUT2D eigenvalue weighted by molar-refractivity contribution is -0.140. The zero-order valence-corrected chi connectivity index (χ0v) is 14.4. The summed E-state index contributed by atoms with van der Waals surface area (Å²) in [7, 11) is 0. The zero-order chi connectivity index (χ0) is 17.8. The molecule has 2 aliphatic rings. The molecule has 2 fully saturated rings. The fraction of sp³-hybridized carbons (Fsp3) is 0.611. The molecule has 0 bridgehead atoms. The van der Waals surface area contributed by atoms with Gasteiger partial charge in [0.05, 0.1) is 25.9 Å². The summed E-state index contributed by atoms with van der Waals surface area (Å²) in [5.74, 6) is -0.293. The predicted molar refractivity (Wildman–Crippen MR) is 88.7 cm³/mol. The molecule has 0 unspecified atom stereocenters. The van der Waals surface area contributed by atoms with Crippen molar-refractivity contribution in [1.29, 1.82) is 0 Å². The van der Waals surface area contributed by atoms with E-state index in [-0.39, 0.29) is 24.6 Å². The molecule has 7 heteroatoms. The monoisotopic (exact) mass is 354 g/mol. The number of benzene rings is 1. The largest absolute Gasteiger partial charge is 0.491 e. The van der Waals surface area contributed by atoms with Crippen molar-refractivity contribution in [2.75, 3.05) is 39.5 Å². The van der Waals surface area contributed by atoms with Gasteiger partial charge in [-0.2, -0.15) is 0 Å². The van der Waals surface area contributed by atoms with Crippen LogP contribution >= 0.6 is 0 Å². The maximum Gasteiger partial charge on any atom is 0.240 e. The number of ether oxygens (including phenoxy) is 2. The van der Waals surface area contributed by atoms with Gasteiger partial charge in [-0.15, -0.1) is 0 Å². The van der Waals surface area contributed by atoms with Crippen molar-refractivity contribution < 1.29 is 23.0 Å². The van der Waals surface area contributed by atoms with Crippen molar-refractivity contribution in [3.63, 3.8) is 0 Å². The van der Waals surface area contributed by atoms with Gasteiger partial charge in [0.2, 0.25) is 5.91 Å². The van der Waals surface area contributed by atoms with E-state index in [4.69, 9.17) is 9.47 Å². The third-order valence-corrected chi connectivity index (χ3v) is 4.64. The predicted octanol–water partition coefficient (Wildman–Crippen LogP) is 2.00. The average Bonchev–Trinajstić information content (AvgIpc) is 2.98. The summed E-state index contributed by atoms with van der Waals surface area (Å²) < 4.78 is 38.5. The number of carbonyl (C=O) groups excluding carboxylic acids is 1. The summed E-state index contributed by atoms with van der Waals surface area (Å²) in [5, 5.41) is 0. The number of alkyl halides is 1. The highest BCUT2D eigenvalue weighted by atomic mass is 19.1. The summed E-state index contributed by atoms with van der Waals surface area (Å²) >= 11 is 0. The Hall–Kier alpha value is -1.73. The fourth-order valence-electron chi connectivity index (χ4n) is 3.42. The molecule has 0 aromatic heterocycles. The Morgan fingerprint density at radius 1 is 1.36 bits per heavy atom. The fourth-order valence-corrected chi connectivity index (χ4v) is 3.42. The molecule has 2 saturated heterocycles. The number of amides is 1. The van der Waals surface area contributed by atoms with E-state index in [0.717, 1.165) is 0 Å². The van der Waals surface area contributed by atoms with Crippen molar-refractivity contribution in [3.05, 3.63) is 29.6 Å². The molecular weight excluding hydrogens is 330 g/mol. The van der Waals surface area contributed by atoms with Crippen LogP contribution in [0, 0.1) is 5.82 Å². The Kier molecular flexibility index (Phi) is 5.86. The average molecular weight is 354 g/mol. The minimum atomic E-state index is -1.04. The third kappa shape index (κ3) is 4.27. The first-order chi connectivity index (χ1) is 12.1. The second kappa shape index (κ2) is 8.10. The van der Waals surface area contributed by atoms with Crippen LogP contribution in [0.25, 0.3) is 0 Å². The Labute approximate surface area is 146 Å². The molecule has 0 aliphatic carbocycles. The van der Waals surface area contributed by atoms with Crippen LogP contribution in [-0.2, 0) is 16.1 Å². The summed E-state index contributed by atoms with van der Waals surface area (Å²) in [6, 6.07) is 4.24. The van der Waals surface area contributed by atoms with Crippen LogP contribution < -0.4 is 4.74 Å². The molecule has 2 aliphatic heterocycles. The minimum absolute atomic E-state index is 0.0603. The number of rotatable bonds is 5. The number of morpholine rings is 1. The van der Waals surface area contributed by atoms with Crippen LogP contribution in [0.2, 0.25) is 0 Å². The number of halogens is 2. The van der Waals surface area contributed by atoms with Crippen molar-refractivity contribution in [2.24, 2.45) is 0 Å².